The van der Waals surface area contributed by atoms with Gasteiger partial charge in [0.1, 0.15) is 0 Å². The number of likely N-dealkylation sites (N-methyl/N-ethyl adjacent to an activating group) is 1. The maximum absolute atomic E-state index is 13.2. The van der Waals surface area contributed by atoms with Crippen LogP contribution >= 0.6 is 15.9 Å². The van der Waals surface area contributed by atoms with Gasteiger partial charge in [0.25, 0.3) is 0 Å². The Kier molecular flexibility index (Phi) is 5.79. The van der Waals surface area contributed by atoms with Gasteiger partial charge < -0.3 is 10.2 Å². The van der Waals surface area contributed by atoms with Crippen molar-refractivity contribution in [1.29, 1.82) is 0 Å². The topological polar surface area (TPSA) is 52.7 Å². The standard InChI is InChI=1S/C19H26BrN3O2/c1-2-21-17(24)14-22-10-3-11-23(13-12-22)18(25)19(8-9-19)15-4-6-16(20)7-5-15/h4-7H,2-3,8-14H2,1H3,(H,21,24). The monoisotopic (exact) mass is 407 g/mol. The van der Waals surface area contributed by atoms with Crippen LogP contribution in [0.3, 0.4) is 0 Å². The van der Waals surface area contributed by atoms with Crippen LogP contribution in [0.5, 0.6) is 0 Å². The van der Waals surface area contributed by atoms with Crippen LogP contribution in [0.1, 0.15) is 31.7 Å². The molecule has 0 radical (unpaired) electrons. The van der Waals surface area contributed by atoms with Crippen LogP contribution in [0.4, 0.5) is 0 Å². The van der Waals surface area contributed by atoms with Gasteiger partial charge in [-0.05, 0) is 43.9 Å². The van der Waals surface area contributed by atoms with Crippen molar-refractivity contribution >= 4 is 27.7 Å². The summed E-state index contributed by atoms with van der Waals surface area (Å²) in [6.07, 6.45) is 2.79. The molecule has 0 spiro atoms. The van der Waals surface area contributed by atoms with Crippen molar-refractivity contribution in [3.05, 3.63) is 34.3 Å². The lowest BCUT2D eigenvalue weighted by molar-refractivity contribution is -0.133. The van der Waals surface area contributed by atoms with E-state index in [1.807, 2.05) is 24.0 Å². The lowest BCUT2D eigenvalue weighted by Gasteiger charge is -2.26. The lowest BCUT2D eigenvalue weighted by Crippen LogP contribution is -2.42. The largest absolute Gasteiger partial charge is 0.355 e. The first-order valence-electron chi connectivity index (χ1n) is 9.09. The van der Waals surface area contributed by atoms with Gasteiger partial charge in [0.15, 0.2) is 0 Å². The Bertz CT molecular complexity index is 628. The van der Waals surface area contributed by atoms with Crippen LogP contribution in [0.2, 0.25) is 0 Å². The number of hydrogen-bond acceptors (Lipinski definition) is 3. The summed E-state index contributed by atoms with van der Waals surface area (Å²) >= 11 is 3.46. The van der Waals surface area contributed by atoms with Gasteiger partial charge in [-0.1, -0.05) is 28.1 Å². The first kappa shape index (κ1) is 18.4. The molecule has 0 bridgehead atoms. The summed E-state index contributed by atoms with van der Waals surface area (Å²) in [6, 6.07) is 8.15. The Labute approximate surface area is 157 Å². The Hall–Kier alpha value is -1.40. The zero-order chi connectivity index (χ0) is 17.9. The van der Waals surface area contributed by atoms with E-state index in [1.54, 1.807) is 0 Å². The third-order valence-electron chi connectivity index (χ3n) is 5.17. The zero-order valence-corrected chi connectivity index (χ0v) is 16.3. The molecule has 1 N–H and O–H groups in total. The minimum atomic E-state index is -0.310. The van der Waals surface area contributed by atoms with Crippen LogP contribution in [-0.4, -0.2) is 60.9 Å². The molecule has 1 saturated carbocycles. The van der Waals surface area contributed by atoms with Crippen LogP contribution < -0.4 is 5.32 Å². The maximum atomic E-state index is 13.2. The summed E-state index contributed by atoms with van der Waals surface area (Å²) in [5, 5.41) is 2.84. The summed E-state index contributed by atoms with van der Waals surface area (Å²) in [5.74, 6) is 0.325. The molecule has 3 rings (SSSR count). The molecule has 136 valence electrons. The molecule has 1 aliphatic heterocycles. The molecular weight excluding hydrogens is 382 g/mol. The Morgan fingerprint density at radius 2 is 1.84 bits per heavy atom. The van der Waals surface area contributed by atoms with Crippen molar-refractivity contribution in [2.24, 2.45) is 0 Å². The molecule has 1 aromatic carbocycles. The van der Waals surface area contributed by atoms with E-state index in [0.717, 1.165) is 48.9 Å². The van der Waals surface area contributed by atoms with Gasteiger partial charge in [0, 0.05) is 37.2 Å². The third kappa shape index (κ3) is 4.23. The summed E-state index contributed by atoms with van der Waals surface area (Å²) in [5.41, 5.74) is 0.819. The van der Waals surface area contributed by atoms with Gasteiger partial charge in [-0.3, -0.25) is 14.5 Å². The Balaban J connectivity index is 1.61. The number of halogens is 1. The predicted octanol–water partition coefficient (Wildman–Crippen LogP) is 2.15. The van der Waals surface area contributed by atoms with Crippen molar-refractivity contribution in [2.45, 2.75) is 31.6 Å². The molecule has 2 amide bonds. The molecule has 2 aliphatic rings. The van der Waals surface area contributed by atoms with Crippen LogP contribution in [0.15, 0.2) is 28.7 Å². The highest BCUT2D eigenvalue weighted by molar-refractivity contribution is 9.10. The minimum absolute atomic E-state index is 0.0656. The van der Waals surface area contributed by atoms with E-state index in [4.69, 9.17) is 0 Å². The highest BCUT2D eigenvalue weighted by Gasteiger charge is 2.52. The maximum Gasteiger partial charge on any atom is 0.234 e. The molecule has 0 aromatic heterocycles. The average molecular weight is 408 g/mol. The number of rotatable bonds is 5. The number of amides is 2. The molecule has 0 unspecified atom stereocenters. The number of benzene rings is 1. The van der Waals surface area contributed by atoms with Crippen LogP contribution in [-0.2, 0) is 15.0 Å². The second-order valence-electron chi connectivity index (χ2n) is 6.96. The molecule has 6 heteroatoms. The minimum Gasteiger partial charge on any atom is -0.355 e. The fraction of sp³-hybridized carbons (Fsp3) is 0.579. The van der Waals surface area contributed by atoms with Gasteiger partial charge in [-0.15, -0.1) is 0 Å². The molecular formula is C19H26BrN3O2. The van der Waals surface area contributed by atoms with Gasteiger partial charge in [-0.25, -0.2) is 0 Å². The highest BCUT2D eigenvalue weighted by Crippen LogP contribution is 2.49. The summed E-state index contributed by atoms with van der Waals surface area (Å²) in [7, 11) is 0. The molecule has 1 aliphatic carbocycles. The summed E-state index contributed by atoms with van der Waals surface area (Å²) in [4.78, 5) is 29.1. The smallest absolute Gasteiger partial charge is 0.234 e. The lowest BCUT2D eigenvalue weighted by atomic mass is 9.94. The normalized spacial score (nSPS) is 20.0. The molecule has 25 heavy (non-hydrogen) atoms. The molecule has 0 atom stereocenters. The molecule has 1 saturated heterocycles. The van der Waals surface area contributed by atoms with Gasteiger partial charge in [0.2, 0.25) is 11.8 Å². The second-order valence-corrected chi connectivity index (χ2v) is 7.88. The van der Waals surface area contributed by atoms with Crippen molar-refractivity contribution in [2.75, 3.05) is 39.3 Å². The third-order valence-corrected chi connectivity index (χ3v) is 5.70. The number of hydrogen-bond donors (Lipinski definition) is 1. The number of nitrogens with one attached hydrogen (secondary N) is 1. The number of carbonyl (C=O) groups excluding carboxylic acids is 2. The van der Waals surface area contributed by atoms with Crippen molar-refractivity contribution < 1.29 is 9.59 Å². The van der Waals surface area contributed by atoms with E-state index in [9.17, 15) is 9.59 Å². The highest BCUT2D eigenvalue weighted by atomic mass is 79.9. The zero-order valence-electron chi connectivity index (χ0n) is 14.8. The molecule has 1 aromatic rings. The molecule has 5 nitrogen and oxygen atoms in total. The summed E-state index contributed by atoms with van der Waals surface area (Å²) in [6.45, 7) is 6.13. The first-order chi connectivity index (χ1) is 12.0. The summed E-state index contributed by atoms with van der Waals surface area (Å²) < 4.78 is 1.04. The van der Waals surface area contributed by atoms with E-state index < -0.39 is 0 Å². The van der Waals surface area contributed by atoms with Crippen molar-refractivity contribution in [1.82, 2.24) is 15.1 Å². The van der Waals surface area contributed by atoms with Crippen LogP contribution in [0, 0.1) is 0 Å². The Morgan fingerprint density at radius 1 is 1.12 bits per heavy atom. The van der Waals surface area contributed by atoms with Gasteiger partial charge in [-0.2, -0.15) is 0 Å². The van der Waals surface area contributed by atoms with E-state index >= 15 is 0 Å². The SMILES string of the molecule is CCNC(=O)CN1CCCN(C(=O)C2(c3ccc(Br)cc3)CC2)CC1. The van der Waals surface area contributed by atoms with E-state index in [1.165, 1.54) is 0 Å². The van der Waals surface area contributed by atoms with E-state index in [0.29, 0.717) is 19.6 Å². The van der Waals surface area contributed by atoms with Crippen LogP contribution in [0.25, 0.3) is 0 Å². The number of nitrogens with zero attached hydrogens (tertiary/aromatic N) is 2. The fourth-order valence-corrected chi connectivity index (χ4v) is 3.88. The van der Waals surface area contributed by atoms with Gasteiger partial charge >= 0.3 is 0 Å². The van der Waals surface area contributed by atoms with Crippen molar-refractivity contribution in [3.63, 3.8) is 0 Å². The second kappa shape index (κ2) is 7.87. The van der Waals surface area contributed by atoms with E-state index in [2.05, 4.69) is 38.3 Å². The fourth-order valence-electron chi connectivity index (χ4n) is 3.61. The molecule has 2 fully saturated rings. The first-order valence-corrected chi connectivity index (χ1v) is 9.89. The molecule has 1 heterocycles. The average Bonchev–Trinajstić information content (AvgIpc) is 3.40. The quantitative estimate of drug-likeness (QED) is 0.813. The number of carbonyl (C=O) groups is 2. The van der Waals surface area contributed by atoms with Crippen molar-refractivity contribution in [3.8, 4) is 0 Å². The van der Waals surface area contributed by atoms with Gasteiger partial charge in [0.05, 0.1) is 12.0 Å². The predicted molar refractivity (Wildman–Crippen MR) is 101 cm³/mol. The van der Waals surface area contributed by atoms with E-state index in [-0.39, 0.29) is 17.2 Å². The Morgan fingerprint density at radius 3 is 2.48 bits per heavy atom.